The Morgan fingerprint density at radius 2 is 1.67 bits per heavy atom. The van der Waals surface area contributed by atoms with Crippen LogP contribution in [0.5, 0.6) is 0 Å². The zero-order valence-corrected chi connectivity index (χ0v) is 25.6. The Morgan fingerprint density at radius 3 is 2.33 bits per heavy atom. The smallest absolute Gasteiger partial charge is 0.272 e. The van der Waals surface area contributed by atoms with E-state index in [1.165, 1.54) is 0 Å². The number of rotatable bonds is 7. The van der Waals surface area contributed by atoms with Crippen molar-refractivity contribution in [1.82, 2.24) is 24.4 Å². The van der Waals surface area contributed by atoms with Crippen molar-refractivity contribution in [2.45, 2.75) is 30.8 Å². The van der Waals surface area contributed by atoms with Crippen molar-refractivity contribution < 1.29 is 26.8 Å². The van der Waals surface area contributed by atoms with Crippen molar-refractivity contribution in [2.24, 2.45) is 0 Å². The van der Waals surface area contributed by atoms with Crippen LogP contribution in [0.3, 0.4) is 0 Å². The van der Waals surface area contributed by atoms with Crippen LogP contribution in [0, 0.1) is 11.6 Å². The minimum atomic E-state index is -4.35. The molecule has 12 nitrogen and oxygen atoms in total. The van der Waals surface area contributed by atoms with Gasteiger partial charge in [-0.05, 0) is 63.4 Å². The number of aromatic amines is 2. The molecular formula is C30H32F2N8O4S. The number of aromatic nitrogens is 3. The van der Waals surface area contributed by atoms with Crippen molar-refractivity contribution in [1.29, 1.82) is 0 Å². The Kier molecular flexibility index (Phi) is 7.71. The largest absolute Gasteiger partial charge is 0.369 e. The van der Waals surface area contributed by atoms with E-state index < -0.39 is 43.9 Å². The maximum Gasteiger partial charge on any atom is 0.272 e. The van der Waals surface area contributed by atoms with Gasteiger partial charge in [-0.1, -0.05) is 0 Å². The fraction of sp³-hybridized carbons (Fsp3) is 0.300. The van der Waals surface area contributed by atoms with Crippen molar-refractivity contribution in [3.05, 3.63) is 88.9 Å². The zero-order valence-electron chi connectivity index (χ0n) is 24.8. The van der Waals surface area contributed by atoms with E-state index in [-0.39, 0.29) is 23.6 Å². The second kappa shape index (κ2) is 11.4. The van der Waals surface area contributed by atoms with E-state index in [4.69, 9.17) is 0 Å². The molecule has 45 heavy (non-hydrogen) atoms. The molecule has 2 aliphatic heterocycles. The molecule has 0 unspecified atom stereocenters. The Hall–Kier alpha value is -4.60. The average Bonchev–Trinajstić information content (AvgIpc) is 3.72. The minimum absolute atomic E-state index is 0.0935. The number of nitrogens with one attached hydrogen (secondary N) is 4. The van der Waals surface area contributed by atoms with Crippen molar-refractivity contribution in [3.63, 3.8) is 0 Å². The van der Waals surface area contributed by atoms with Gasteiger partial charge in [-0.25, -0.2) is 17.2 Å². The number of sulfonamides is 1. The van der Waals surface area contributed by atoms with Gasteiger partial charge in [0, 0.05) is 56.2 Å². The lowest BCUT2D eigenvalue weighted by molar-refractivity contribution is 0.102. The highest BCUT2D eigenvalue weighted by atomic mass is 32.2. The summed E-state index contributed by atoms with van der Waals surface area (Å²) >= 11 is 0. The summed E-state index contributed by atoms with van der Waals surface area (Å²) in [5.74, 6) is -2.95. The highest BCUT2D eigenvalue weighted by molar-refractivity contribution is 7.89. The molecule has 2 aromatic heterocycles. The lowest BCUT2D eigenvalue weighted by Crippen LogP contribution is -2.44. The molecule has 4 heterocycles. The maximum absolute atomic E-state index is 13.9. The van der Waals surface area contributed by atoms with E-state index in [9.17, 15) is 26.8 Å². The molecule has 236 valence electrons. The first-order valence-corrected chi connectivity index (χ1v) is 15.7. The van der Waals surface area contributed by atoms with Gasteiger partial charge in [0.05, 0.1) is 27.4 Å². The molecule has 0 aliphatic carbocycles. The Labute approximate surface area is 258 Å². The van der Waals surface area contributed by atoms with Crippen LogP contribution in [0.15, 0.2) is 59.6 Å². The summed E-state index contributed by atoms with van der Waals surface area (Å²) < 4.78 is 56.0. The van der Waals surface area contributed by atoms with Gasteiger partial charge < -0.3 is 25.4 Å². The topological polar surface area (TPSA) is 147 Å². The van der Waals surface area contributed by atoms with E-state index in [1.54, 1.807) is 44.3 Å². The molecule has 0 atom stereocenters. The third kappa shape index (κ3) is 5.69. The number of hydrogen-bond donors (Lipinski definition) is 4. The van der Waals surface area contributed by atoms with Crippen LogP contribution in [0.1, 0.15) is 46.0 Å². The van der Waals surface area contributed by atoms with Crippen LogP contribution in [-0.2, 0) is 22.1 Å². The van der Waals surface area contributed by atoms with Gasteiger partial charge in [0.1, 0.15) is 17.3 Å². The number of carbonyl (C=O) groups excluding carboxylic acids is 2. The molecule has 1 saturated heterocycles. The number of H-pyrrole nitrogens is 2. The van der Waals surface area contributed by atoms with Gasteiger partial charge >= 0.3 is 0 Å². The number of hydrogen-bond acceptors (Lipinski definition) is 7. The van der Waals surface area contributed by atoms with E-state index in [0.717, 1.165) is 48.3 Å². The second-order valence-electron chi connectivity index (χ2n) is 11.6. The molecule has 15 heteroatoms. The maximum atomic E-state index is 13.9. The Morgan fingerprint density at radius 1 is 0.956 bits per heavy atom. The van der Waals surface area contributed by atoms with Crippen molar-refractivity contribution in [3.8, 4) is 0 Å². The SMILES string of the molecule is CN1CCN(c2ccc(C(=O)Nc3n[nH]c4c3CN(S(=O)(=O)c3cc(F)cc(F)c3)C4(C)C)c(NC(=O)c3ccc[nH]3)c2)CC1. The number of benzene rings is 2. The number of amides is 2. The van der Waals surface area contributed by atoms with Crippen molar-refractivity contribution in [2.75, 3.05) is 48.8 Å². The number of halogens is 2. The summed E-state index contributed by atoms with van der Waals surface area (Å²) in [4.78, 5) is 33.4. The predicted octanol–water partition coefficient (Wildman–Crippen LogP) is 3.71. The van der Waals surface area contributed by atoms with Gasteiger partial charge in [0.2, 0.25) is 10.0 Å². The van der Waals surface area contributed by atoms with Crippen LogP contribution in [0.2, 0.25) is 0 Å². The molecule has 2 aromatic carbocycles. The van der Waals surface area contributed by atoms with Gasteiger partial charge in [0.25, 0.3) is 11.8 Å². The quantitative estimate of drug-likeness (QED) is 0.241. The molecule has 4 aromatic rings. The second-order valence-corrected chi connectivity index (χ2v) is 13.5. The van der Waals surface area contributed by atoms with E-state index in [0.29, 0.717) is 23.0 Å². The first-order valence-electron chi connectivity index (χ1n) is 14.2. The van der Waals surface area contributed by atoms with E-state index >= 15 is 0 Å². The normalized spacial score (nSPS) is 16.9. The van der Waals surface area contributed by atoms with E-state index in [2.05, 4.69) is 42.7 Å². The fourth-order valence-corrected chi connectivity index (χ4v) is 7.48. The molecule has 0 spiro atoms. The fourth-order valence-electron chi connectivity index (χ4n) is 5.72. The molecule has 6 rings (SSSR count). The molecule has 1 fully saturated rings. The number of piperazine rings is 1. The monoisotopic (exact) mass is 638 g/mol. The van der Waals surface area contributed by atoms with Crippen LogP contribution in [0.4, 0.5) is 26.0 Å². The highest BCUT2D eigenvalue weighted by Crippen LogP contribution is 2.44. The van der Waals surface area contributed by atoms with Crippen LogP contribution < -0.4 is 15.5 Å². The molecule has 4 N–H and O–H groups in total. The van der Waals surface area contributed by atoms with Gasteiger partial charge in [-0.3, -0.25) is 14.7 Å². The minimum Gasteiger partial charge on any atom is -0.369 e. The summed E-state index contributed by atoms with van der Waals surface area (Å²) in [5.41, 5.74) is 1.25. The van der Waals surface area contributed by atoms with Gasteiger partial charge in [-0.2, -0.15) is 9.40 Å². The predicted molar refractivity (Wildman–Crippen MR) is 164 cm³/mol. The van der Waals surface area contributed by atoms with Crippen LogP contribution in [0.25, 0.3) is 0 Å². The number of carbonyl (C=O) groups is 2. The molecular weight excluding hydrogens is 606 g/mol. The summed E-state index contributed by atoms with van der Waals surface area (Å²) in [6.45, 7) is 6.34. The van der Waals surface area contributed by atoms with Crippen LogP contribution in [-0.4, -0.2) is 77.8 Å². The first-order chi connectivity index (χ1) is 21.3. The van der Waals surface area contributed by atoms with Crippen LogP contribution >= 0.6 is 0 Å². The Balaban J connectivity index is 1.29. The molecule has 0 radical (unpaired) electrons. The summed E-state index contributed by atoms with van der Waals surface area (Å²) in [7, 11) is -2.30. The van der Waals surface area contributed by atoms with E-state index in [1.807, 2.05) is 6.07 Å². The molecule has 0 saturated carbocycles. The standard InChI is InChI=1S/C30H32F2N8O4S/c1-30(2)26-23(17-40(30)45(43,44)21-14-18(31)13-19(32)15-21)27(37-36-26)35-28(41)22-7-6-20(39-11-9-38(3)10-12-39)16-25(22)34-29(42)24-5-4-8-33-24/h4-8,13-16,33H,9-12,17H2,1-3H3,(H,34,42)(H2,35,36,37,41). The lowest BCUT2D eigenvalue weighted by Gasteiger charge is -2.34. The first kappa shape index (κ1) is 30.4. The Bertz CT molecular complexity index is 1860. The number of fused-ring (bicyclic) bond motifs is 1. The third-order valence-electron chi connectivity index (χ3n) is 8.27. The number of anilines is 3. The molecule has 2 amide bonds. The molecule has 0 bridgehead atoms. The van der Waals surface area contributed by atoms with Gasteiger partial charge in [0.15, 0.2) is 5.82 Å². The summed E-state index contributed by atoms with van der Waals surface area (Å²) in [6, 6.07) is 10.6. The number of nitrogens with zero attached hydrogens (tertiary/aromatic N) is 4. The molecule has 2 aliphatic rings. The zero-order chi connectivity index (χ0) is 32.1. The average molecular weight is 639 g/mol. The van der Waals surface area contributed by atoms with Crippen molar-refractivity contribution >= 4 is 39.0 Å². The lowest BCUT2D eigenvalue weighted by atomic mass is 10.0. The summed E-state index contributed by atoms with van der Waals surface area (Å²) in [6.07, 6.45) is 1.62. The third-order valence-corrected chi connectivity index (χ3v) is 10.3. The number of likely N-dealkylation sites (N-methyl/N-ethyl adjacent to an activating group) is 1. The van der Waals surface area contributed by atoms with Gasteiger partial charge in [-0.15, -0.1) is 0 Å². The highest BCUT2D eigenvalue weighted by Gasteiger charge is 2.48. The summed E-state index contributed by atoms with van der Waals surface area (Å²) in [5, 5.41) is 12.7.